The van der Waals surface area contributed by atoms with Crippen molar-refractivity contribution in [3.8, 4) is 0 Å². The molecule has 1 fully saturated rings. The minimum atomic E-state index is -2.74. The quantitative estimate of drug-likeness (QED) is 0.250. The summed E-state index contributed by atoms with van der Waals surface area (Å²) >= 11 is 6.12. The average Bonchev–Trinajstić information content (AvgIpc) is 3.40. The van der Waals surface area contributed by atoms with Crippen LogP contribution in [0.4, 0.5) is 0 Å². The van der Waals surface area contributed by atoms with Gasteiger partial charge in [-0.2, -0.15) is 0 Å². The summed E-state index contributed by atoms with van der Waals surface area (Å²) in [4.78, 5) is 48.8. The third kappa shape index (κ3) is 9.03. The lowest BCUT2D eigenvalue weighted by atomic mass is 9.96. The average molecular weight is 540 g/mol. The second-order valence-corrected chi connectivity index (χ2v) is 9.69. The van der Waals surface area contributed by atoms with Gasteiger partial charge in [-0.05, 0) is 63.0 Å². The van der Waals surface area contributed by atoms with Gasteiger partial charge >= 0.3 is 17.9 Å². The molecule has 1 unspecified atom stereocenters. The van der Waals surface area contributed by atoms with E-state index < -0.39 is 36.4 Å². The van der Waals surface area contributed by atoms with Gasteiger partial charge in [0.25, 0.3) is 0 Å². The topological polar surface area (TPSA) is 180 Å². The number of aromatic amines is 1. The number of aliphatic carboxylic acids is 3. The maximum atomic E-state index is 12.6. The van der Waals surface area contributed by atoms with Crippen molar-refractivity contribution in [2.24, 2.45) is 0 Å². The minimum Gasteiger partial charge on any atom is -0.481 e. The lowest BCUT2D eigenvalue weighted by Crippen LogP contribution is -2.43. The van der Waals surface area contributed by atoms with Crippen LogP contribution in [0.15, 0.2) is 18.2 Å². The smallest absolute Gasteiger partial charge is 0.336 e. The molecule has 0 saturated carbocycles. The van der Waals surface area contributed by atoms with Crippen molar-refractivity contribution < 1.29 is 39.6 Å². The van der Waals surface area contributed by atoms with Crippen molar-refractivity contribution in [2.75, 3.05) is 19.6 Å². The number of halogens is 1. The van der Waals surface area contributed by atoms with Gasteiger partial charge in [-0.1, -0.05) is 18.5 Å². The van der Waals surface area contributed by atoms with Gasteiger partial charge in [-0.15, -0.1) is 0 Å². The lowest BCUT2D eigenvalue weighted by Gasteiger charge is -2.23. The Labute approximate surface area is 219 Å². The number of aryl methyl sites for hydroxylation is 1. The standard InChI is InChI=1S/C19H26ClN3O.C6H8O7/c1-3-15(12-23-8-4-5-9-23)22-19(24)11-16-13(2)21-18-7-6-14(20)10-17(16)18;7-3(8)1-6(13,5(11)12)2-4(9)10/h6-7,10,15,21H,3-5,8-9,11-12H2,1-2H3,(H,22,24);13H,1-2H2,(H,7,8)(H,9,10)(H,11,12). The summed E-state index contributed by atoms with van der Waals surface area (Å²) in [5, 5.41) is 38.8. The van der Waals surface area contributed by atoms with Crippen LogP contribution < -0.4 is 5.32 Å². The third-order valence-electron chi connectivity index (χ3n) is 6.24. The number of rotatable bonds is 11. The number of carbonyl (C=O) groups is 4. The van der Waals surface area contributed by atoms with Gasteiger partial charge in [-0.3, -0.25) is 14.4 Å². The van der Waals surface area contributed by atoms with E-state index in [1.807, 2.05) is 25.1 Å². The molecule has 0 aliphatic carbocycles. The van der Waals surface area contributed by atoms with Crippen LogP contribution >= 0.6 is 11.6 Å². The highest BCUT2D eigenvalue weighted by molar-refractivity contribution is 6.31. The first-order valence-corrected chi connectivity index (χ1v) is 12.4. The molecule has 12 heteroatoms. The van der Waals surface area contributed by atoms with Crippen LogP contribution in [0.1, 0.15) is 50.3 Å². The van der Waals surface area contributed by atoms with E-state index in [9.17, 15) is 19.2 Å². The molecule has 204 valence electrons. The number of nitrogens with zero attached hydrogens (tertiary/aromatic N) is 1. The first-order valence-electron chi connectivity index (χ1n) is 12.0. The molecule has 1 aromatic carbocycles. The monoisotopic (exact) mass is 539 g/mol. The SMILES string of the molecule is CCC(CN1CCCC1)NC(=O)Cc1c(C)[nH]c2ccc(Cl)cc12.O=C(O)CC(O)(CC(=O)O)C(=O)O. The molecular formula is C25H34ClN3O8. The molecule has 2 heterocycles. The number of fused-ring (bicyclic) bond motifs is 1. The molecule has 1 aliphatic rings. The number of hydrogen-bond donors (Lipinski definition) is 6. The number of hydrogen-bond acceptors (Lipinski definition) is 6. The van der Waals surface area contributed by atoms with Crippen LogP contribution in [0.5, 0.6) is 0 Å². The molecule has 1 amide bonds. The molecule has 3 rings (SSSR count). The van der Waals surface area contributed by atoms with Crippen molar-refractivity contribution in [2.45, 2.75) is 64.0 Å². The van der Waals surface area contributed by atoms with Crippen LogP contribution in [0.3, 0.4) is 0 Å². The number of nitrogens with one attached hydrogen (secondary N) is 2. The summed E-state index contributed by atoms with van der Waals surface area (Å²) in [6.07, 6.45) is 1.62. The predicted octanol–water partition coefficient (Wildman–Crippen LogP) is 2.41. The molecular weight excluding hydrogens is 506 g/mol. The predicted molar refractivity (Wildman–Crippen MR) is 137 cm³/mol. The lowest BCUT2D eigenvalue weighted by molar-refractivity contribution is -0.170. The first kappa shape index (κ1) is 30.1. The Bertz CT molecular complexity index is 1110. The van der Waals surface area contributed by atoms with E-state index in [0.29, 0.717) is 11.4 Å². The number of H-pyrrole nitrogens is 1. The number of aromatic nitrogens is 1. The maximum Gasteiger partial charge on any atom is 0.336 e. The normalized spacial score (nSPS) is 14.6. The zero-order valence-corrected chi connectivity index (χ0v) is 21.7. The van der Waals surface area contributed by atoms with Crippen LogP contribution in [0.25, 0.3) is 10.9 Å². The Hall–Kier alpha value is -3.15. The second kappa shape index (κ2) is 13.4. The van der Waals surface area contributed by atoms with Gasteiger partial charge in [0.2, 0.25) is 5.91 Å². The van der Waals surface area contributed by atoms with Crippen LogP contribution in [0, 0.1) is 6.92 Å². The zero-order valence-electron chi connectivity index (χ0n) is 20.9. The summed E-state index contributed by atoms with van der Waals surface area (Å²) < 4.78 is 0. The van der Waals surface area contributed by atoms with Gasteiger partial charge in [0.15, 0.2) is 5.60 Å². The number of carbonyl (C=O) groups excluding carboxylic acids is 1. The Morgan fingerprint density at radius 3 is 2.22 bits per heavy atom. The van der Waals surface area contributed by atoms with Gasteiger partial charge in [0.1, 0.15) is 0 Å². The number of aliphatic hydroxyl groups is 1. The van der Waals surface area contributed by atoms with E-state index in [2.05, 4.69) is 22.1 Å². The largest absolute Gasteiger partial charge is 0.481 e. The molecule has 2 aromatic rings. The van der Waals surface area contributed by atoms with E-state index in [-0.39, 0.29) is 11.9 Å². The molecule has 1 saturated heterocycles. The summed E-state index contributed by atoms with van der Waals surface area (Å²) in [5.41, 5.74) is 0.373. The Morgan fingerprint density at radius 2 is 1.70 bits per heavy atom. The van der Waals surface area contributed by atoms with Crippen molar-refractivity contribution in [1.29, 1.82) is 0 Å². The highest BCUT2D eigenvalue weighted by Gasteiger charge is 2.40. The van der Waals surface area contributed by atoms with Crippen molar-refractivity contribution in [3.63, 3.8) is 0 Å². The van der Waals surface area contributed by atoms with Crippen LogP contribution in [0.2, 0.25) is 5.02 Å². The fourth-order valence-corrected chi connectivity index (χ4v) is 4.46. The fraction of sp³-hybridized carbons (Fsp3) is 0.520. The molecule has 37 heavy (non-hydrogen) atoms. The van der Waals surface area contributed by atoms with Gasteiger partial charge < -0.3 is 35.6 Å². The summed E-state index contributed by atoms with van der Waals surface area (Å²) in [6.45, 7) is 7.43. The molecule has 1 atom stereocenters. The zero-order chi connectivity index (χ0) is 27.8. The number of carboxylic acids is 3. The van der Waals surface area contributed by atoms with E-state index in [1.54, 1.807) is 0 Å². The molecule has 0 bridgehead atoms. The molecule has 1 aromatic heterocycles. The summed E-state index contributed by atoms with van der Waals surface area (Å²) in [5.74, 6) is -4.93. The highest BCUT2D eigenvalue weighted by Crippen LogP contribution is 2.26. The first-order chi connectivity index (χ1) is 17.3. The van der Waals surface area contributed by atoms with Crippen LogP contribution in [-0.2, 0) is 25.6 Å². The van der Waals surface area contributed by atoms with Gasteiger partial charge in [0, 0.05) is 34.2 Å². The number of amides is 1. The molecule has 6 N–H and O–H groups in total. The summed E-state index contributed by atoms with van der Waals surface area (Å²) in [7, 11) is 0. The Morgan fingerprint density at radius 1 is 1.11 bits per heavy atom. The molecule has 1 aliphatic heterocycles. The number of likely N-dealkylation sites (tertiary alicyclic amines) is 1. The van der Waals surface area contributed by atoms with E-state index >= 15 is 0 Å². The highest BCUT2D eigenvalue weighted by atomic mass is 35.5. The Balaban J connectivity index is 0.000000317. The third-order valence-corrected chi connectivity index (χ3v) is 6.47. The van der Waals surface area contributed by atoms with Crippen molar-refractivity contribution in [1.82, 2.24) is 15.2 Å². The number of carboxylic acid groups (broad SMARTS) is 3. The Kier molecular flexibility index (Phi) is 10.9. The molecule has 0 spiro atoms. The number of benzene rings is 1. The maximum absolute atomic E-state index is 12.6. The summed E-state index contributed by atoms with van der Waals surface area (Å²) in [6, 6.07) is 6.00. The van der Waals surface area contributed by atoms with E-state index in [4.69, 9.17) is 32.0 Å². The van der Waals surface area contributed by atoms with Crippen LogP contribution in [-0.4, -0.2) is 85.4 Å². The van der Waals surface area contributed by atoms with Crippen molar-refractivity contribution >= 4 is 46.3 Å². The fourth-order valence-electron chi connectivity index (χ4n) is 4.29. The van der Waals surface area contributed by atoms with Crippen molar-refractivity contribution in [3.05, 3.63) is 34.5 Å². The molecule has 11 nitrogen and oxygen atoms in total. The second-order valence-electron chi connectivity index (χ2n) is 9.25. The van der Waals surface area contributed by atoms with E-state index in [0.717, 1.165) is 48.2 Å². The molecule has 0 radical (unpaired) electrons. The van der Waals surface area contributed by atoms with Gasteiger partial charge in [0.05, 0.1) is 19.3 Å². The minimum absolute atomic E-state index is 0.0880. The van der Waals surface area contributed by atoms with Gasteiger partial charge in [-0.25, -0.2) is 4.79 Å². The van der Waals surface area contributed by atoms with E-state index in [1.165, 1.54) is 12.8 Å².